The molecule has 5 heteroatoms. The van der Waals surface area contributed by atoms with E-state index in [-0.39, 0.29) is 0 Å². The number of hydrogen-bond donors (Lipinski definition) is 2. The highest BCUT2D eigenvalue weighted by Gasteiger charge is 2.17. The van der Waals surface area contributed by atoms with E-state index in [2.05, 4.69) is 37.7 Å². The number of likely N-dealkylation sites (N-methyl/N-ethyl adjacent to an activating group) is 1. The van der Waals surface area contributed by atoms with Crippen LogP contribution in [0.4, 0.5) is 0 Å². The summed E-state index contributed by atoms with van der Waals surface area (Å²) in [6.45, 7) is 8.13. The Morgan fingerprint density at radius 1 is 1.10 bits per heavy atom. The summed E-state index contributed by atoms with van der Waals surface area (Å²) in [5.41, 5.74) is 1.59. The van der Waals surface area contributed by atoms with E-state index in [0.29, 0.717) is 11.4 Å². The van der Waals surface area contributed by atoms with E-state index >= 15 is 0 Å². The van der Waals surface area contributed by atoms with Crippen molar-refractivity contribution in [2.24, 2.45) is 5.92 Å². The van der Waals surface area contributed by atoms with E-state index in [1.807, 2.05) is 18.2 Å². The molecule has 0 fully saturated rings. The van der Waals surface area contributed by atoms with E-state index in [0.717, 1.165) is 31.7 Å². The topological polar surface area (TPSA) is 46.9 Å². The van der Waals surface area contributed by atoms with Gasteiger partial charge in [0, 0.05) is 26.2 Å². The molecule has 0 atom stereocenters. The molecular formula is C15H27BN2O2. The Hall–Kier alpha value is -0.875. The van der Waals surface area contributed by atoms with Crippen molar-refractivity contribution >= 4 is 12.6 Å². The van der Waals surface area contributed by atoms with Gasteiger partial charge in [-0.1, -0.05) is 38.1 Å². The third-order valence-electron chi connectivity index (χ3n) is 3.21. The van der Waals surface area contributed by atoms with Crippen molar-refractivity contribution in [1.82, 2.24) is 9.80 Å². The molecule has 0 saturated heterocycles. The van der Waals surface area contributed by atoms with Crippen LogP contribution < -0.4 is 5.46 Å². The molecule has 0 aliphatic heterocycles. The molecule has 1 aromatic carbocycles. The highest BCUT2D eigenvalue weighted by molar-refractivity contribution is 6.59. The predicted octanol–water partition coefficient (Wildman–Crippen LogP) is 0.386. The molecule has 0 amide bonds. The largest absolute Gasteiger partial charge is 0.488 e. The Morgan fingerprint density at radius 3 is 2.30 bits per heavy atom. The van der Waals surface area contributed by atoms with Crippen LogP contribution >= 0.6 is 0 Å². The van der Waals surface area contributed by atoms with Gasteiger partial charge in [-0.2, -0.15) is 0 Å². The van der Waals surface area contributed by atoms with Crippen molar-refractivity contribution in [3.05, 3.63) is 29.8 Å². The summed E-state index contributed by atoms with van der Waals surface area (Å²) in [6.07, 6.45) is 0. The molecule has 0 radical (unpaired) electrons. The third-order valence-corrected chi connectivity index (χ3v) is 3.21. The fourth-order valence-electron chi connectivity index (χ4n) is 2.26. The number of rotatable bonds is 8. The smallest absolute Gasteiger partial charge is 0.423 e. The van der Waals surface area contributed by atoms with Crippen LogP contribution in [0.2, 0.25) is 0 Å². The minimum Gasteiger partial charge on any atom is -0.423 e. The van der Waals surface area contributed by atoms with E-state index < -0.39 is 7.12 Å². The second-order valence-corrected chi connectivity index (χ2v) is 6.00. The second kappa shape index (κ2) is 8.42. The maximum Gasteiger partial charge on any atom is 0.488 e. The van der Waals surface area contributed by atoms with Gasteiger partial charge in [-0.15, -0.1) is 0 Å². The summed E-state index contributed by atoms with van der Waals surface area (Å²) in [4.78, 5) is 4.53. The molecule has 0 aromatic heterocycles. The number of hydrogen-bond acceptors (Lipinski definition) is 4. The van der Waals surface area contributed by atoms with Gasteiger partial charge in [-0.25, -0.2) is 0 Å². The zero-order chi connectivity index (χ0) is 15.1. The lowest BCUT2D eigenvalue weighted by Crippen LogP contribution is -2.38. The van der Waals surface area contributed by atoms with Crippen molar-refractivity contribution < 1.29 is 10.0 Å². The van der Waals surface area contributed by atoms with Gasteiger partial charge in [0.1, 0.15) is 0 Å². The van der Waals surface area contributed by atoms with E-state index in [1.54, 1.807) is 6.07 Å². The second-order valence-electron chi connectivity index (χ2n) is 6.00. The highest BCUT2D eigenvalue weighted by atomic mass is 16.4. The third kappa shape index (κ3) is 6.05. The van der Waals surface area contributed by atoms with Crippen LogP contribution in [0.25, 0.3) is 0 Å². The molecule has 4 nitrogen and oxygen atoms in total. The molecule has 0 spiro atoms. The van der Waals surface area contributed by atoms with Crippen molar-refractivity contribution in [2.45, 2.75) is 20.4 Å². The van der Waals surface area contributed by atoms with Crippen molar-refractivity contribution in [2.75, 3.05) is 33.7 Å². The summed E-state index contributed by atoms with van der Waals surface area (Å²) in [5.74, 6) is 0.586. The first-order valence-electron chi connectivity index (χ1n) is 7.21. The predicted molar refractivity (Wildman–Crippen MR) is 84.9 cm³/mol. The normalized spacial score (nSPS) is 11.7. The van der Waals surface area contributed by atoms with Crippen molar-refractivity contribution in [1.29, 1.82) is 0 Å². The van der Waals surface area contributed by atoms with Gasteiger partial charge < -0.3 is 14.9 Å². The molecule has 2 N–H and O–H groups in total. The molecule has 1 aromatic rings. The molecule has 0 unspecified atom stereocenters. The first kappa shape index (κ1) is 17.2. The van der Waals surface area contributed by atoms with Gasteiger partial charge >= 0.3 is 7.12 Å². The lowest BCUT2D eigenvalue weighted by molar-refractivity contribution is 0.212. The van der Waals surface area contributed by atoms with Gasteiger partial charge in [0.15, 0.2) is 0 Å². The Kier molecular flexibility index (Phi) is 7.23. The summed E-state index contributed by atoms with van der Waals surface area (Å²) in [5, 5.41) is 18.9. The van der Waals surface area contributed by atoms with Crippen LogP contribution in [0.3, 0.4) is 0 Å². The quantitative estimate of drug-likeness (QED) is 0.675. The molecule has 0 heterocycles. The van der Waals surface area contributed by atoms with E-state index in [4.69, 9.17) is 0 Å². The average Bonchev–Trinajstić information content (AvgIpc) is 2.35. The monoisotopic (exact) mass is 278 g/mol. The standard InChI is InChI=1S/C15H27BN2O2/c1-13(2)11-18(10-9-17(3)4)12-14-7-5-6-8-15(14)16(19)20/h5-8,13,19-20H,9-12H2,1-4H3. The SMILES string of the molecule is CC(C)CN(CCN(C)C)Cc1ccccc1B(O)O. The van der Waals surface area contributed by atoms with Gasteiger partial charge in [0.05, 0.1) is 0 Å². The highest BCUT2D eigenvalue weighted by Crippen LogP contribution is 2.06. The Labute approximate surface area is 123 Å². The molecule has 0 aliphatic rings. The van der Waals surface area contributed by atoms with Crippen LogP contribution in [0.15, 0.2) is 24.3 Å². The van der Waals surface area contributed by atoms with Crippen LogP contribution in [-0.2, 0) is 6.54 Å². The molecule has 20 heavy (non-hydrogen) atoms. The zero-order valence-corrected chi connectivity index (χ0v) is 13.1. The van der Waals surface area contributed by atoms with Gasteiger partial charge in [-0.05, 0) is 31.0 Å². The number of benzene rings is 1. The van der Waals surface area contributed by atoms with E-state index in [9.17, 15) is 10.0 Å². The first-order chi connectivity index (χ1) is 9.40. The fourth-order valence-corrected chi connectivity index (χ4v) is 2.26. The van der Waals surface area contributed by atoms with Crippen LogP contribution in [0.1, 0.15) is 19.4 Å². The minimum absolute atomic E-state index is 0.586. The Balaban J connectivity index is 2.77. The van der Waals surface area contributed by atoms with E-state index in [1.165, 1.54) is 0 Å². The first-order valence-corrected chi connectivity index (χ1v) is 7.21. The maximum absolute atomic E-state index is 9.45. The minimum atomic E-state index is -1.40. The van der Waals surface area contributed by atoms with Gasteiger partial charge in [-0.3, -0.25) is 4.90 Å². The Morgan fingerprint density at radius 2 is 1.75 bits per heavy atom. The van der Waals surface area contributed by atoms with Crippen molar-refractivity contribution in [3.8, 4) is 0 Å². The lowest BCUT2D eigenvalue weighted by Gasteiger charge is -2.26. The lowest BCUT2D eigenvalue weighted by atomic mass is 9.77. The Bertz CT molecular complexity index is 397. The molecule has 0 aliphatic carbocycles. The molecule has 0 saturated carbocycles. The van der Waals surface area contributed by atoms with Crippen molar-refractivity contribution in [3.63, 3.8) is 0 Å². The van der Waals surface area contributed by atoms with Crippen LogP contribution in [0, 0.1) is 5.92 Å². The fraction of sp³-hybridized carbons (Fsp3) is 0.600. The molecule has 112 valence electrons. The van der Waals surface area contributed by atoms with Crippen LogP contribution in [0.5, 0.6) is 0 Å². The summed E-state index contributed by atoms with van der Waals surface area (Å²) in [6, 6.07) is 7.53. The summed E-state index contributed by atoms with van der Waals surface area (Å²) < 4.78 is 0. The average molecular weight is 278 g/mol. The maximum atomic E-state index is 9.45. The molecule has 1 rings (SSSR count). The molecule has 0 bridgehead atoms. The van der Waals surface area contributed by atoms with Gasteiger partial charge in [0.25, 0.3) is 0 Å². The van der Waals surface area contributed by atoms with Gasteiger partial charge in [0.2, 0.25) is 0 Å². The summed E-state index contributed by atoms with van der Waals surface area (Å²) >= 11 is 0. The molecular weight excluding hydrogens is 251 g/mol. The van der Waals surface area contributed by atoms with Crippen LogP contribution in [-0.4, -0.2) is 60.7 Å². The number of nitrogens with zero attached hydrogens (tertiary/aromatic N) is 2. The summed E-state index contributed by atoms with van der Waals surface area (Å²) in [7, 11) is 2.73. The zero-order valence-electron chi connectivity index (χ0n) is 13.1.